The molecule has 100 valence electrons. The minimum atomic E-state index is -0.552. The van der Waals surface area contributed by atoms with Crippen LogP contribution in [0.5, 0.6) is 0 Å². The summed E-state index contributed by atoms with van der Waals surface area (Å²) in [5, 5.41) is 9.49. The highest BCUT2D eigenvalue weighted by Crippen LogP contribution is 2.43. The van der Waals surface area contributed by atoms with E-state index in [1.54, 1.807) is 0 Å². The molecule has 0 aromatic carbocycles. The van der Waals surface area contributed by atoms with Gasteiger partial charge in [-0.1, -0.05) is 26.7 Å². The van der Waals surface area contributed by atoms with Crippen molar-refractivity contribution in [3.8, 4) is 0 Å². The largest absolute Gasteiger partial charge is 0.481 e. The van der Waals surface area contributed by atoms with Gasteiger partial charge < -0.3 is 5.11 Å². The van der Waals surface area contributed by atoms with Crippen LogP contribution in [0.3, 0.4) is 0 Å². The number of thioether (sulfide) groups is 1. The van der Waals surface area contributed by atoms with E-state index in [-0.39, 0.29) is 0 Å². The van der Waals surface area contributed by atoms with Crippen molar-refractivity contribution < 1.29 is 9.90 Å². The molecule has 1 rings (SSSR count). The molecule has 0 aliphatic heterocycles. The van der Waals surface area contributed by atoms with Crippen molar-refractivity contribution in [2.75, 3.05) is 11.5 Å². The lowest BCUT2D eigenvalue weighted by atomic mass is 9.68. The Bertz CT molecular complexity index is 232. The molecule has 3 heteroatoms. The third-order valence-electron chi connectivity index (χ3n) is 4.14. The van der Waals surface area contributed by atoms with Crippen molar-refractivity contribution >= 4 is 17.7 Å². The lowest BCUT2D eigenvalue weighted by Gasteiger charge is -2.37. The molecule has 0 atom stereocenters. The summed E-state index contributed by atoms with van der Waals surface area (Å²) in [6, 6.07) is 0. The van der Waals surface area contributed by atoms with Crippen LogP contribution in [0.25, 0.3) is 0 Å². The molecular weight excluding hydrogens is 232 g/mol. The van der Waals surface area contributed by atoms with Crippen LogP contribution >= 0.6 is 11.8 Å². The van der Waals surface area contributed by atoms with Crippen molar-refractivity contribution in [3.05, 3.63) is 0 Å². The maximum absolute atomic E-state index is 11.5. The Hall–Kier alpha value is -0.180. The Morgan fingerprint density at radius 1 is 1.35 bits per heavy atom. The van der Waals surface area contributed by atoms with Crippen LogP contribution in [-0.4, -0.2) is 22.6 Å². The normalized spacial score (nSPS) is 29.2. The summed E-state index contributed by atoms with van der Waals surface area (Å²) < 4.78 is 0. The van der Waals surface area contributed by atoms with E-state index >= 15 is 0 Å². The minimum absolute atomic E-state index is 0.396. The molecule has 1 saturated carbocycles. The maximum Gasteiger partial charge on any atom is 0.309 e. The van der Waals surface area contributed by atoms with E-state index in [1.807, 2.05) is 11.8 Å². The van der Waals surface area contributed by atoms with Gasteiger partial charge in [0.2, 0.25) is 0 Å². The number of rotatable bonds is 7. The zero-order chi connectivity index (χ0) is 12.7. The summed E-state index contributed by atoms with van der Waals surface area (Å²) in [4.78, 5) is 11.5. The van der Waals surface area contributed by atoms with Gasteiger partial charge in [-0.15, -0.1) is 0 Å². The average molecular weight is 258 g/mol. The fourth-order valence-electron chi connectivity index (χ4n) is 2.91. The van der Waals surface area contributed by atoms with Gasteiger partial charge in [0.1, 0.15) is 0 Å². The van der Waals surface area contributed by atoms with Gasteiger partial charge in [0.15, 0.2) is 0 Å². The van der Waals surface area contributed by atoms with Gasteiger partial charge >= 0.3 is 5.97 Å². The monoisotopic (exact) mass is 258 g/mol. The second-order valence-corrected chi connectivity index (χ2v) is 6.66. The fraction of sp³-hybridized carbons (Fsp3) is 0.929. The van der Waals surface area contributed by atoms with E-state index in [0.717, 1.165) is 49.5 Å². The Labute approximate surface area is 110 Å². The molecule has 0 spiro atoms. The van der Waals surface area contributed by atoms with Crippen molar-refractivity contribution in [1.82, 2.24) is 0 Å². The standard InChI is InChI=1S/C14H26O2S/c1-3-5-12-6-8-14(9-7-12,13(15)16)10-11-17-4-2/h12H,3-11H2,1-2H3,(H,15,16). The third kappa shape index (κ3) is 4.20. The SMILES string of the molecule is CCCC1CCC(CCSCC)(C(=O)O)CC1. The van der Waals surface area contributed by atoms with Crippen LogP contribution in [0.15, 0.2) is 0 Å². The number of hydrogen-bond acceptors (Lipinski definition) is 2. The first-order valence-corrected chi connectivity index (χ1v) is 8.11. The predicted molar refractivity (Wildman–Crippen MR) is 74.6 cm³/mol. The van der Waals surface area contributed by atoms with Crippen LogP contribution in [-0.2, 0) is 4.79 Å². The van der Waals surface area contributed by atoms with Crippen molar-refractivity contribution in [1.29, 1.82) is 0 Å². The predicted octanol–water partition coefficient (Wildman–Crippen LogP) is 4.19. The molecule has 17 heavy (non-hydrogen) atoms. The number of hydrogen-bond donors (Lipinski definition) is 1. The van der Waals surface area contributed by atoms with Crippen LogP contribution < -0.4 is 0 Å². The molecule has 0 radical (unpaired) electrons. The van der Waals surface area contributed by atoms with Gasteiger partial charge in [-0.05, 0) is 49.5 Å². The molecule has 2 nitrogen and oxygen atoms in total. The molecule has 1 aliphatic carbocycles. The van der Waals surface area contributed by atoms with E-state index in [9.17, 15) is 9.90 Å². The van der Waals surface area contributed by atoms with Crippen LogP contribution in [0.2, 0.25) is 0 Å². The molecule has 1 fully saturated rings. The summed E-state index contributed by atoms with van der Waals surface area (Å²) in [5.74, 6) is 2.32. The number of carboxylic acids is 1. The van der Waals surface area contributed by atoms with Crippen LogP contribution in [0, 0.1) is 11.3 Å². The van der Waals surface area contributed by atoms with Gasteiger partial charge in [-0.3, -0.25) is 4.79 Å². The summed E-state index contributed by atoms with van der Waals surface area (Å²) >= 11 is 1.87. The van der Waals surface area contributed by atoms with Gasteiger partial charge in [-0.2, -0.15) is 11.8 Å². The Balaban J connectivity index is 2.48. The molecule has 0 amide bonds. The minimum Gasteiger partial charge on any atom is -0.481 e. The highest BCUT2D eigenvalue weighted by molar-refractivity contribution is 7.99. The first-order chi connectivity index (χ1) is 8.14. The second-order valence-electron chi connectivity index (χ2n) is 5.26. The summed E-state index contributed by atoms with van der Waals surface area (Å²) in [5.41, 5.74) is -0.396. The topological polar surface area (TPSA) is 37.3 Å². The fourth-order valence-corrected chi connectivity index (χ4v) is 3.73. The molecule has 0 aromatic rings. The van der Waals surface area contributed by atoms with Crippen LogP contribution in [0.4, 0.5) is 0 Å². The molecule has 1 aliphatic rings. The van der Waals surface area contributed by atoms with Gasteiger partial charge in [0.05, 0.1) is 5.41 Å². The molecule has 0 aromatic heterocycles. The smallest absolute Gasteiger partial charge is 0.309 e. The van der Waals surface area contributed by atoms with E-state index in [2.05, 4.69) is 13.8 Å². The molecule has 0 saturated heterocycles. The van der Waals surface area contributed by atoms with E-state index in [4.69, 9.17) is 0 Å². The zero-order valence-electron chi connectivity index (χ0n) is 11.2. The Morgan fingerprint density at radius 3 is 2.47 bits per heavy atom. The molecule has 1 N–H and O–H groups in total. The molecular formula is C14H26O2S. The van der Waals surface area contributed by atoms with Gasteiger partial charge in [0.25, 0.3) is 0 Å². The van der Waals surface area contributed by atoms with Crippen molar-refractivity contribution in [2.24, 2.45) is 11.3 Å². The second kappa shape index (κ2) is 7.30. The average Bonchev–Trinajstić information content (AvgIpc) is 2.32. The maximum atomic E-state index is 11.5. The number of aliphatic carboxylic acids is 1. The lowest BCUT2D eigenvalue weighted by molar-refractivity contribution is -0.151. The molecule has 0 heterocycles. The number of carboxylic acid groups (broad SMARTS) is 1. The van der Waals surface area contributed by atoms with E-state index in [0.29, 0.717) is 0 Å². The summed E-state index contributed by atoms with van der Waals surface area (Å²) in [6.07, 6.45) is 7.41. The highest BCUT2D eigenvalue weighted by Gasteiger charge is 2.41. The zero-order valence-corrected chi connectivity index (χ0v) is 12.0. The lowest BCUT2D eigenvalue weighted by Crippen LogP contribution is -2.36. The third-order valence-corrected chi connectivity index (χ3v) is 5.04. The summed E-state index contributed by atoms with van der Waals surface area (Å²) in [6.45, 7) is 4.35. The summed E-state index contributed by atoms with van der Waals surface area (Å²) in [7, 11) is 0. The Kier molecular flexibility index (Phi) is 6.39. The van der Waals surface area contributed by atoms with E-state index < -0.39 is 11.4 Å². The first-order valence-electron chi connectivity index (χ1n) is 6.95. The van der Waals surface area contributed by atoms with Gasteiger partial charge in [-0.25, -0.2) is 0 Å². The van der Waals surface area contributed by atoms with Crippen LogP contribution in [0.1, 0.15) is 58.8 Å². The van der Waals surface area contributed by atoms with Crippen molar-refractivity contribution in [3.63, 3.8) is 0 Å². The quantitative estimate of drug-likeness (QED) is 0.696. The first kappa shape index (κ1) is 14.9. The Morgan fingerprint density at radius 2 is 2.00 bits per heavy atom. The highest BCUT2D eigenvalue weighted by atomic mass is 32.2. The molecule has 0 unspecified atom stereocenters. The van der Waals surface area contributed by atoms with Gasteiger partial charge in [0, 0.05) is 0 Å². The number of carbonyl (C=O) groups is 1. The molecule has 0 bridgehead atoms. The van der Waals surface area contributed by atoms with E-state index in [1.165, 1.54) is 12.8 Å². The van der Waals surface area contributed by atoms with Crippen molar-refractivity contribution in [2.45, 2.75) is 58.8 Å².